The van der Waals surface area contributed by atoms with Crippen molar-refractivity contribution in [3.8, 4) is 0 Å². The maximum Gasteiger partial charge on any atom is 0.331 e. The van der Waals surface area contributed by atoms with Gasteiger partial charge < -0.3 is 4.74 Å². The zero-order chi connectivity index (χ0) is 11.7. The summed E-state index contributed by atoms with van der Waals surface area (Å²) < 4.78 is 6.62. The average molecular weight is 241 g/mol. The normalized spacial score (nSPS) is 21.4. The summed E-state index contributed by atoms with van der Waals surface area (Å²) in [6.45, 7) is 1.62. The van der Waals surface area contributed by atoms with Crippen LogP contribution in [0.3, 0.4) is 0 Å². The molecule has 0 aromatic carbocycles. The van der Waals surface area contributed by atoms with E-state index in [0.29, 0.717) is 11.3 Å². The highest BCUT2D eigenvalue weighted by Crippen LogP contribution is 2.22. The second kappa shape index (κ2) is 4.02. The Kier molecular flexibility index (Phi) is 2.70. The quantitative estimate of drug-likeness (QED) is 0.797. The van der Waals surface area contributed by atoms with Gasteiger partial charge in [-0.05, 0) is 19.1 Å². The van der Waals surface area contributed by atoms with Gasteiger partial charge in [-0.25, -0.2) is 4.79 Å². The van der Waals surface area contributed by atoms with E-state index >= 15 is 0 Å². The van der Waals surface area contributed by atoms with Crippen molar-refractivity contribution in [3.63, 3.8) is 0 Å². The summed E-state index contributed by atoms with van der Waals surface area (Å²) in [4.78, 5) is 24.9. The molecule has 5 nitrogen and oxygen atoms in total. The number of nitrogens with one attached hydrogen (secondary N) is 1. The highest BCUT2D eigenvalue weighted by Gasteiger charge is 2.17. The van der Waals surface area contributed by atoms with Gasteiger partial charge in [-0.15, -0.1) is 0 Å². The van der Waals surface area contributed by atoms with E-state index in [1.54, 1.807) is 19.1 Å². The van der Waals surface area contributed by atoms with E-state index in [9.17, 15) is 9.59 Å². The molecule has 0 saturated carbocycles. The number of ether oxygens (including phenoxy) is 1. The molecule has 1 atom stereocenters. The second-order valence-corrected chi connectivity index (χ2v) is 3.58. The van der Waals surface area contributed by atoms with Crippen LogP contribution >= 0.6 is 11.6 Å². The summed E-state index contributed by atoms with van der Waals surface area (Å²) >= 11 is 5.47. The molecule has 0 radical (unpaired) electrons. The third-order valence-corrected chi connectivity index (χ3v) is 2.42. The summed E-state index contributed by atoms with van der Waals surface area (Å²) in [5, 5.41) is 0. The van der Waals surface area contributed by atoms with E-state index in [2.05, 4.69) is 4.98 Å². The van der Waals surface area contributed by atoms with Crippen LogP contribution in [0.15, 0.2) is 39.2 Å². The van der Waals surface area contributed by atoms with E-state index in [1.807, 2.05) is 0 Å². The largest absolute Gasteiger partial charge is 0.466 e. The summed E-state index contributed by atoms with van der Waals surface area (Å²) in [5.74, 6) is 0.474. The number of hydrogen-bond acceptors (Lipinski definition) is 3. The van der Waals surface area contributed by atoms with E-state index in [0.717, 1.165) is 0 Å². The van der Waals surface area contributed by atoms with Crippen LogP contribution in [-0.2, 0) is 4.74 Å². The summed E-state index contributed by atoms with van der Waals surface area (Å²) in [7, 11) is 0. The maximum absolute atomic E-state index is 11.5. The fourth-order valence-electron chi connectivity index (χ4n) is 1.38. The fraction of sp³-hybridized carbons (Fsp3) is 0.200. The van der Waals surface area contributed by atoms with Crippen LogP contribution < -0.4 is 11.2 Å². The number of allylic oxidation sites excluding steroid dienone is 1. The first kappa shape index (κ1) is 10.8. The SMILES string of the molecule is Cc1cn([C@H]2C=C/C(=C/Cl)O2)c(=O)[nH]c1=O. The number of aromatic amines is 1. The molecule has 84 valence electrons. The van der Waals surface area contributed by atoms with E-state index in [-0.39, 0.29) is 0 Å². The zero-order valence-electron chi connectivity index (χ0n) is 8.44. The minimum absolute atomic E-state index is 0.392. The van der Waals surface area contributed by atoms with Gasteiger partial charge in [0.15, 0.2) is 6.23 Å². The number of nitrogens with zero attached hydrogens (tertiary/aromatic N) is 1. The summed E-state index contributed by atoms with van der Waals surface area (Å²) in [6.07, 6.45) is 4.22. The number of aromatic nitrogens is 2. The first-order chi connectivity index (χ1) is 7.61. The maximum atomic E-state index is 11.5. The van der Waals surface area contributed by atoms with Crippen LogP contribution in [0.1, 0.15) is 11.8 Å². The van der Waals surface area contributed by atoms with Crippen LogP contribution in [-0.4, -0.2) is 9.55 Å². The minimum atomic E-state index is -0.562. The van der Waals surface area contributed by atoms with E-state index in [4.69, 9.17) is 16.3 Å². The van der Waals surface area contributed by atoms with Crippen LogP contribution in [0.4, 0.5) is 0 Å². The molecule has 0 spiro atoms. The van der Waals surface area contributed by atoms with Gasteiger partial charge in [-0.1, -0.05) is 11.6 Å². The summed E-state index contributed by atoms with van der Waals surface area (Å²) in [5.41, 5.74) is 0.817. The molecule has 1 aliphatic rings. The first-order valence-corrected chi connectivity index (χ1v) is 5.03. The number of aryl methyl sites for hydroxylation is 1. The van der Waals surface area contributed by atoms with Crippen molar-refractivity contribution in [2.75, 3.05) is 0 Å². The average Bonchev–Trinajstić information content (AvgIpc) is 2.71. The smallest absolute Gasteiger partial charge is 0.331 e. The molecule has 0 aliphatic carbocycles. The Morgan fingerprint density at radius 3 is 2.94 bits per heavy atom. The molecule has 0 fully saturated rings. The molecule has 2 rings (SSSR count). The van der Waals surface area contributed by atoms with Crippen molar-refractivity contribution < 1.29 is 4.74 Å². The molecule has 0 unspecified atom stereocenters. The Bertz CT molecular complexity index is 582. The van der Waals surface area contributed by atoms with Gasteiger partial charge in [0.05, 0.1) is 0 Å². The number of hydrogen-bond donors (Lipinski definition) is 1. The third kappa shape index (κ3) is 1.81. The Hall–Kier alpha value is -1.75. The van der Waals surface area contributed by atoms with E-state index in [1.165, 1.54) is 16.3 Å². The van der Waals surface area contributed by atoms with Crippen molar-refractivity contribution in [3.05, 3.63) is 56.0 Å². The Balaban J connectivity index is 2.44. The lowest BCUT2D eigenvalue weighted by Crippen LogP contribution is -2.32. The van der Waals surface area contributed by atoms with Crippen LogP contribution in [0.5, 0.6) is 0 Å². The Labute approximate surface area is 95.6 Å². The first-order valence-electron chi connectivity index (χ1n) is 4.59. The van der Waals surface area contributed by atoms with Gasteiger partial charge in [0.2, 0.25) is 0 Å². The second-order valence-electron chi connectivity index (χ2n) is 3.36. The topological polar surface area (TPSA) is 64.1 Å². The standard InChI is InChI=1S/C10H9ClN2O3/c1-6-5-13(10(15)12-9(6)14)8-3-2-7(4-11)16-8/h2-5,8H,1H3,(H,12,14,15)/b7-4-/t8-/m1/s1. The highest BCUT2D eigenvalue weighted by molar-refractivity contribution is 6.25. The lowest BCUT2D eigenvalue weighted by atomic mass is 10.4. The molecule has 0 bridgehead atoms. The van der Waals surface area contributed by atoms with E-state index < -0.39 is 17.5 Å². The molecule has 1 aromatic rings. The number of H-pyrrole nitrogens is 1. The zero-order valence-corrected chi connectivity index (χ0v) is 9.19. The predicted octanol–water partition coefficient (Wildman–Crippen LogP) is 1.01. The molecule has 1 aromatic heterocycles. The molecule has 0 amide bonds. The van der Waals surface area contributed by atoms with Crippen molar-refractivity contribution in [1.82, 2.24) is 9.55 Å². The van der Waals surface area contributed by atoms with Crippen LogP contribution in [0, 0.1) is 6.92 Å². The van der Waals surface area contributed by atoms with Gasteiger partial charge in [0.1, 0.15) is 5.76 Å². The molecule has 1 N–H and O–H groups in total. The van der Waals surface area contributed by atoms with Gasteiger partial charge in [0, 0.05) is 17.3 Å². The molecule has 2 heterocycles. The minimum Gasteiger partial charge on any atom is -0.466 e. The Morgan fingerprint density at radius 1 is 1.56 bits per heavy atom. The third-order valence-electron chi connectivity index (χ3n) is 2.21. The van der Waals surface area contributed by atoms with Gasteiger partial charge in [0.25, 0.3) is 5.56 Å². The lowest BCUT2D eigenvalue weighted by molar-refractivity contribution is 0.118. The van der Waals surface area contributed by atoms with Crippen LogP contribution in [0.2, 0.25) is 0 Å². The molecule has 16 heavy (non-hydrogen) atoms. The van der Waals surface area contributed by atoms with Gasteiger partial charge in [-0.2, -0.15) is 0 Å². The Morgan fingerprint density at radius 2 is 2.31 bits per heavy atom. The lowest BCUT2D eigenvalue weighted by Gasteiger charge is -2.13. The molecule has 0 saturated heterocycles. The highest BCUT2D eigenvalue weighted by atomic mass is 35.5. The van der Waals surface area contributed by atoms with Crippen LogP contribution in [0.25, 0.3) is 0 Å². The van der Waals surface area contributed by atoms with Gasteiger partial charge >= 0.3 is 5.69 Å². The van der Waals surface area contributed by atoms with Crippen molar-refractivity contribution in [1.29, 1.82) is 0 Å². The molecule has 6 heteroatoms. The number of rotatable bonds is 1. The van der Waals surface area contributed by atoms with Crippen molar-refractivity contribution in [2.45, 2.75) is 13.2 Å². The predicted molar refractivity (Wildman–Crippen MR) is 59.3 cm³/mol. The monoisotopic (exact) mass is 240 g/mol. The van der Waals surface area contributed by atoms with Crippen molar-refractivity contribution >= 4 is 11.6 Å². The molecule has 1 aliphatic heterocycles. The fourth-order valence-corrected chi connectivity index (χ4v) is 1.51. The number of halogens is 1. The van der Waals surface area contributed by atoms with Crippen molar-refractivity contribution in [2.24, 2.45) is 0 Å². The molecular weight excluding hydrogens is 232 g/mol. The summed E-state index contributed by atoms with van der Waals surface area (Å²) in [6, 6.07) is 0. The van der Waals surface area contributed by atoms with Gasteiger partial charge in [-0.3, -0.25) is 14.3 Å². The molecular formula is C10H9ClN2O3.